The molecule has 0 saturated carbocycles. The molecule has 33 heavy (non-hydrogen) atoms. The summed E-state index contributed by atoms with van der Waals surface area (Å²) in [4.78, 5) is 47.0. The maximum absolute atomic E-state index is 13.8. The van der Waals surface area contributed by atoms with Gasteiger partial charge in [0.2, 0.25) is 17.7 Å². The quantitative estimate of drug-likeness (QED) is 0.564. The molecular weight excluding hydrogens is 418 g/mol. The summed E-state index contributed by atoms with van der Waals surface area (Å²) in [5, 5.41) is 7.06. The summed E-state index contributed by atoms with van der Waals surface area (Å²) in [6.07, 6.45) is 3.13. The number of rotatable bonds is 7. The highest BCUT2D eigenvalue weighted by Gasteiger charge is 2.54. The number of hydrogen-bond acceptors (Lipinski definition) is 5. The molecule has 1 unspecified atom stereocenters. The molecule has 3 heterocycles. The zero-order valence-electron chi connectivity index (χ0n) is 19.0. The molecule has 1 aromatic carbocycles. The van der Waals surface area contributed by atoms with Gasteiger partial charge in [0.05, 0.1) is 24.2 Å². The summed E-state index contributed by atoms with van der Waals surface area (Å²) in [5.74, 6) is -0.833. The number of benzene rings is 1. The van der Waals surface area contributed by atoms with Gasteiger partial charge < -0.3 is 4.90 Å². The molecule has 0 radical (unpaired) electrons. The first-order chi connectivity index (χ1) is 15.8. The van der Waals surface area contributed by atoms with Crippen LogP contribution in [0.25, 0.3) is 0 Å². The lowest BCUT2D eigenvalue weighted by atomic mass is 9.74. The first-order valence-electron chi connectivity index (χ1n) is 10.8. The monoisotopic (exact) mass is 445 g/mol. The molecule has 1 saturated heterocycles. The van der Waals surface area contributed by atoms with Crippen LogP contribution in [0.3, 0.4) is 0 Å². The number of carbonyl (C=O) groups is 3. The van der Waals surface area contributed by atoms with E-state index in [1.165, 1.54) is 4.90 Å². The van der Waals surface area contributed by atoms with E-state index in [9.17, 15) is 14.4 Å². The maximum atomic E-state index is 13.8. The molecule has 0 aliphatic carbocycles. The van der Waals surface area contributed by atoms with Crippen molar-refractivity contribution >= 4 is 17.7 Å². The zero-order valence-corrected chi connectivity index (χ0v) is 19.0. The van der Waals surface area contributed by atoms with Crippen molar-refractivity contribution in [3.05, 3.63) is 82.9 Å². The van der Waals surface area contributed by atoms with E-state index in [0.29, 0.717) is 6.54 Å². The maximum Gasteiger partial charge on any atom is 0.241 e. The van der Waals surface area contributed by atoms with Crippen molar-refractivity contribution < 1.29 is 14.4 Å². The van der Waals surface area contributed by atoms with E-state index >= 15 is 0 Å². The van der Waals surface area contributed by atoms with Crippen LogP contribution >= 0.6 is 0 Å². The summed E-state index contributed by atoms with van der Waals surface area (Å²) < 4.78 is 0. The van der Waals surface area contributed by atoms with Gasteiger partial charge in [-0.2, -0.15) is 5.10 Å². The minimum atomic E-state index is -1.23. The highest BCUT2D eigenvalue weighted by molar-refractivity contribution is 6.10. The van der Waals surface area contributed by atoms with E-state index in [1.54, 1.807) is 36.5 Å². The molecule has 170 valence electrons. The molecule has 0 bridgehead atoms. The molecule has 8 nitrogen and oxygen atoms in total. The Balaban J connectivity index is 1.65. The predicted molar refractivity (Wildman–Crippen MR) is 122 cm³/mol. The second-order valence-corrected chi connectivity index (χ2v) is 8.68. The number of aryl methyl sites for hydroxylation is 2. The number of amides is 3. The van der Waals surface area contributed by atoms with Gasteiger partial charge in [-0.05, 0) is 48.7 Å². The first-order valence-corrected chi connectivity index (χ1v) is 10.8. The number of aromatic amines is 1. The summed E-state index contributed by atoms with van der Waals surface area (Å²) >= 11 is 0. The highest BCUT2D eigenvalue weighted by Crippen LogP contribution is 2.42. The van der Waals surface area contributed by atoms with Crippen molar-refractivity contribution in [3.63, 3.8) is 0 Å². The van der Waals surface area contributed by atoms with Crippen LogP contribution in [0, 0.1) is 13.8 Å². The Kier molecular flexibility index (Phi) is 6.09. The SMILES string of the molecule is Cc1cc(CN(C)C(=O)CC2(c3ccccc3C)CC(=O)N(Cc3ccncc3)C2=O)n[nH]1. The van der Waals surface area contributed by atoms with Gasteiger partial charge in [0.1, 0.15) is 0 Å². The van der Waals surface area contributed by atoms with Gasteiger partial charge in [0.25, 0.3) is 0 Å². The number of pyridine rings is 1. The lowest BCUT2D eigenvalue weighted by molar-refractivity contribution is -0.143. The molecular formula is C25H27N5O3. The number of imide groups is 1. The molecule has 1 atom stereocenters. The standard InChI is InChI=1S/C25H27N5O3/c1-17-6-4-5-7-21(17)25(13-22(31)29(3)16-20-12-18(2)27-28-20)14-23(32)30(24(25)33)15-19-8-10-26-11-9-19/h4-12H,13-16H2,1-3H3,(H,27,28). The fourth-order valence-electron chi connectivity index (χ4n) is 4.46. The van der Waals surface area contributed by atoms with Crippen LogP contribution in [0.1, 0.15) is 40.9 Å². The minimum absolute atomic E-state index is 0.0388. The molecule has 1 fully saturated rings. The number of nitrogens with one attached hydrogen (secondary N) is 1. The molecule has 8 heteroatoms. The van der Waals surface area contributed by atoms with Gasteiger partial charge in [0.15, 0.2) is 0 Å². The third-order valence-corrected chi connectivity index (χ3v) is 6.20. The van der Waals surface area contributed by atoms with Gasteiger partial charge in [-0.1, -0.05) is 24.3 Å². The molecule has 3 amide bonds. The average molecular weight is 446 g/mol. The van der Waals surface area contributed by atoms with Gasteiger partial charge >= 0.3 is 0 Å². The third-order valence-electron chi connectivity index (χ3n) is 6.20. The van der Waals surface area contributed by atoms with Gasteiger partial charge in [-0.15, -0.1) is 0 Å². The zero-order chi connectivity index (χ0) is 23.6. The summed E-state index contributed by atoms with van der Waals surface area (Å²) in [5.41, 5.74) is 2.82. The highest BCUT2D eigenvalue weighted by atomic mass is 16.2. The van der Waals surface area contributed by atoms with Crippen molar-refractivity contribution in [2.75, 3.05) is 7.05 Å². The number of nitrogens with zero attached hydrogens (tertiary/aromatic N) is 4. The largest absolute Gasteiger partial charge is 0.340 e. The Morgan fingerprint density at radius 3 is 2.55 bits per heavy atom. The first kappa shape index (κ1) is 22.4. The summed E-state index contributed by atoms with van der Waals surface area (Å²) in [6, 6.07) is 12.9. The second-order valence-electron chi connectivity index (χ2n) is 8.68. The van der Waals surface area contributed by atoms with Crippen LogP contribution in [0.15, 0.2) is 54.9 Å². The lowest BCUT2D eigenvalue weighted by Crippen LogP contribution is -2.42. The molecule has 1 N–H and O–H groups in total. The van der Waals surface area contributed by atoms with E-state index in [2.05, 4.69) is 15.2 Å². The topological polar surface area (TPSA) is 99.3 Å². The van der Waals surface area contributed by atoms with Crippen molar-refractivity contribution in [1.82, 2.24) is 25.0 Å². The van der Waals surface area contributed by atoms with Gasteiger partial charge in [-0.3, -0.25) is 29.4 Å². The molecule has 3 aromatic rings. The number of carbonyl (C=O) groups excluding carboxylic acids is 3. The molecule has 0 spiro atoms. The van der Waals surface area contributed by atoms with Crippen LogP contribution in [-0.2, 0) is 32.9 Å². The Morgan fingerprint density at radius 1 is 1.15 bits per heavy atom. The van der Waals surface area contributed by atoms with Gasteiger partial charge in [0, 0.05) is 38.0 Å². The van der Waals surface area contributed by atoms with Crippen molar-refractivity contribution in [2.45, 2.75) is 45.2 Å². The smallest absolute Gasteiger partial charge is 0.241 e. The Hall–Kier alpha value is -3.81. The number of aromatic nitrogens is 3. The van der Waals surface area contributed by atoms with Crippen molar-refractivity contribution in [2.24, 2.45) is 0 Å². The minimum Gasteiger partial charge on any atom is -0.340 e. The van der Waals surface area contributed by atoms with Crippen molar-refractivity contribution in [1.29, 1.82) is 0 Å². The van der Waals surface area contributed by atoms with Crippen LogP contribution in [0.5, 0.6) is 0 Å². The Morgan fingerprint density at radius 2 is 1.88 bits per heavy atom. The van der Waals surface area contributed by atoms with E-state index in [1.807, 2.05) is 44.2 Å². The van der Waals surface area contributed by atoms with E-state index < -0.39 is 5.41 Å². The Bertz CT molecular complexity index is 1190. The van der Waals surface area contributed by atoms with Crippen LogP contribution in [0.4, 0.5) is 0 Å². The molecule has 2 aromatic heterocycles. The van der Waals surface area contributed by atoms with Crippen LogP contribution in [-0.4, -0.2) is 49.8 Å². The number of hydrogen-bond donors (Lipinski definition) is 1. The Labute approximate surface area is 192 Å². The second kappa shape index (κ2) is 8.97. The third kappa shape index (κ3) is 4.41. The molecule has 1 aliphatic heterocycles. The molecule has 1 aliphatic rings. The van der Waals surface area contributed by atoms with Crippen LogP contribution in [0.2, 0.25) is 0 Å². The van der Waals surface area contributed by atoms with Gasteiger partial charge in [-0.25, -0.2) is 0 Å². The van der Waals surface area contributed by atoms with E-state index in [-0.39, 0.29) is 37.1 Å². The predicted octanol–water partition coefficient (Wildman–Crippen LogP) is 2.67. The van der Waals surface area contributed by atoms with Crippen LogP contribution < -0.4 is 0 Å². The van der Waals surface area contributed by atoms with E-state index in [0.717, 1.165) is 28.1 Å². The summed E-state index contributed by atoms with van der Waals surface area (Å²) in [6.45, 7) is 4.27. The summed E-state index contributed by atoms with van der Waals surface area (Å²) in [7, 11) is 1.69. The normalized spacial score (nSPS) is 18.1. The fraction of sp³-hybridized carbons (Fsp3) is 0.320. The fourth-order valence-corrected chi connectivity index (χ4v) is 4.46. The average Bonchev–Trinajstić information content (AvgIpc) is 3.30. The van der Waals surface area contributed by atoms with Crippen molar-refractivity contribution in [3.8, 4) is 0 Å². The lowest BCUT2D eigenvalue weighted by Gasteiger charge is -2.30. The number of H-pyrrole nitrogens is 1. The van der Waals surface area contributed by atoms with E-state index in [4.69, 9.17) is 0 Å². The molecule has 4 rings (SSSR count). The number of likely N-dealkylation sites (tertiary alicyclic amines) is 1.